The van der Waals surface area contributed by atoms with E-state index >= 15 is 0 Å². The molecule has 125 heavy (non-hydrogen) atoms. The highest BCUT2D eigenvalue weighted by Crippen LogP contribution is 2.25. The molecule has 0 bridgehead atoms. The average molecular weight is 1880 g/mol. The summed E-state index contributed by atoms with van der Waals surface area (Å²) in [6, 6.07) is 36.0. The average Bonchev–Trinajstić information content (AvgIpc) is 0.855. The van der Waals surface area contributed by atoms with Gasteiger partial charge < -0.3 is 76.5 Å². The second-order valence-electron chi connectivity index (χ2n) is 30.8. The van der Waals surface area contributed by atoms with Crippen LogP contribution in [0.5, 0.6) is 0 Å². The predicted octanol–water partition coefficient (Wildman–Crippen LogP) is 11.9. The molecule has 0 saturated carbocycles. The van der Waals surface area contributed by atoms with E-state index in [9.17, 15) is 52.7 Å². The number of nitrogens with zero attached hydrogens (tertiary/aromatic N) is 11. The zero-order valence-electron chi connectivity index (χ0n) is 82.8. The molecule has 0 aliphatic carbocycles. The third-order valence-corrected chi connectivity index (χ3v) is 41.5. The molecule has 6 rings (SSSR count). The Balaban J connectivity index is -0.00000139. The summed E-state index contributed by atoms with van der Waals surface area (Å²) >= 11 is 0. The number of likely N-dealkylation sites (tertiary alicyclic amines) is 2. The number of benzene rings is 4. The number of carbonyl (C=O) groups is 11. The molecule has 2 aliphatic rings. The van der Waals surface area contributed by atoms with Gasteiger partial charge in [0.15, 0.2) is 19.5 Å². The Kier molecular flexibility index (Phi) is 61.8. The van der Waals surface area contributed by atoms with Gasteiger partial charge in [-0.3, -0.25) is 52.1 Å². The van der Waals surface area contributed by atoms with Crippen LogP contribution in [0, 0.1) is 0 Å². The highest BCUT2D eigenvalue weighted by molar-refractivity contribution is 6.73. The fourth-order valence-corrected chi connectivity index (χ4v) is 24.2. The molecule has 0 aromatic heterocycles. The molecule has 710 valence electrons. The van der Waals surface area contributed by atoms with Crippen molar-refractivity contribution in [3.05, 3.63) is 144 Å². The summed E-state index contributed by atoms with van der Waals surface area (Å²) in [4.78, 5) is 132. The maximum Gasteiger partial charge on any atom is 0.458 e. The van der Waals surface area contributed by atoms with Crippen molar-refractivity contribution in [2.45, 2.75) is 199 Å². The van der Waals surface area contributed by atoms with Gasteiger partial charge in [0.25, 0.3) is 0 Å². The number of amides is 11. The molecule has 0 spiro atoms. The highest BCUT2D eigenvalue weighted by atomic mass is 28.4. The predicted molar refractivity (Wildman–Crippen MR) is 516 cm³/mol. The molecular weight excluding hydrogens is 1710 g/mol. The fourth-order valence-electron chi connectivity index (χ4n) is 12.3. The van der Waals surface area contributed by atoms with Gasteiger partial charge in [-0.1, -0.05) is 121 Å². The van der Waals surface area contributed by atoms with Crippen LogP contribution in [0.4, 0.5) is 0 Å². The smallest absolute Gasteiger partial charge is 0.427 e. The SMILES string of the molecule is CCC(=O)N(C)[Si](C)(OC)N(C)C(=O)CC.CCO[SiH2]C.CCO[Si](C)(N(C)C(=O)CC)N(C)C(=O)CC.CCO[Si](C)(N(C)C(=O)c1ccccc1)N(C)C(=O)c1ccccc1.CCO[Si](C)(OCC)N(C)C(=O)CC.CO[SiH2]C.CO[Si](C)(N(C)C(=O)c1ccccc1)N(C)C(=O)c1ccccc1.C[N+]1(C)CCCCCC1=O.C[N+]1(C)CCCCCC1=O. The van der Waals surface area contributed by atoms with E-state index < -0.39 is 43.3 Å². The lowest BCUT2D eigenvalue weighted by molar-refractivity contribution is -0.813. The van der Waals surface area contributed by atoms with Gasteiger partial charge in [0, 0.05) is 172 Å². The number of carbonyl (C=O) groups excluding carboxylic acids is 11. The van der Waals surface area contributed by atoms with E-state index in [-0.39, 0.29) is 72.7 Å². The largest absolute Gasteiger partial charge is 0.458 e. The van der Waals surface area contributed by atoms with Crippen LogP contribution >= 0.6 is 0 Å². The lowest BCUT2D eigenvalue weighted by Crippen LogP contribution is -2.66. The van der Waals surface area contributed by atoms with Gasteiger partial charge in [-0.2, -0.15) is 0 Å². The lowest BCUT2D eigenvalue weighted by Gasteiger charge is -2.41. The van der Waals surface area contributed by atoms with Crippen molar-refractivity contribution >= 4 is 128 Å². The van der Waals surface area contributed by atoms with E-state index in [0.29, 0.717) is 102 Å². The van der Waals surface area contributed by atoms with E-state index in [1.54, 1.807) is 195 Å². The Morgan fingerprint density at radius 2 is 0.544 bits per heavy atom. The molecule has 0 radical (unpaired) electrons. The molecular formula is C88H163N11O19Si7+2. The molecule has 2 aliphatic heterocycles. The molecule has 4 aromatic carbocycles. The number of hydrogen-bond donors (Lipinski definition) is 0. The van der Waals surface area contributed by atoms with Gasteiger partial charge in [-0.05, 0) is 154 Å². The minimum atomic E-state index is -2.98. The summed E-state index contributed by atoms with van der Waals surface area (Å²) < 4.78 is 59.2. The molecule has 11 amide bonds. The lowest BCUT2D eigenvalue weighted by atomic mass is 10.2. The standard InChI is InChI=1S/C19H24N2O3Si.C18H22N2O3Si.C11H24N2O3Si.C10H22N2O3Si.C9H21NO3Si.2C8H16NO.C3H10OSi.C2H8OSi/c1-5-24-25(4,20(2)18(22)16-12-8-6-9-13-16)21(3)19(23)17-14-10-7-11-15-17;1-19(17(21)15-11-7-5-8-12-15)24(4,23-3)20(2)18(22)16-13-9-6-10-14-16;1-7-10(14)12(4)17(6,16-9-3)13(5)11(15)8-2;1-7-9(13)11(3)16(6,15-5)12(4)10(14)8-2;1-6-9(11)10(4)14(5,12-7-2)13-8-3;2*1-9(2)7-5-3-4-6-8(9)10;1-3-4-5-2;1-3-4-2/h6-15H,5H2,1-4H3;5-14H,1-4H3;7-9H2,1-6H3;7-8H2,1-6H3;6-8H2,1-5H3;2*3-7H2,1-2H3;3,5H2,1-2H3;4H2,1-2H3/q;;;;;2*+1;;. The Morgan fingerprint density at radius 3 is 0.752 bits per heavy atom. The zero-order chi connectivity index (χ0) is 96.7. The zero-order valence-corrected chi connectivity index (χ0v) is 90.6. The minimum Gasteiger partial charge on any atom is -0.427 e. The number of rotatable bonds is 31. The Labute approximate surface area is 762 Å². The maximum absolute atomic E-state index is 12.9. The van der Waals surface area contributed by atoms with Crippen LogP contribution in [-0.2, 0) is 69.0 Å². The van der Waals surface area contributed by atoms with Gasteiger partial charge in [0.1, 0.15) is 0 Å². The van der Waals surface area contributed by atoms with Gasteiger partial charge >= 0.3 is 55.1 Å². The first-order chi connectivity index (χ1) is 58.6. The summed E-state index contributed by atoms with van der Waals surface area (Å²) in [6.07, 6.45) is 10.8. The van der Waals surface area contributed by atoms with Crippen LogP contribution in [0.3, 0.4) is 0 Å². The molecule has 2 saturated heterocycles. The Hall–Kier alpha value is -7.43. The Morgan fingerprint density at radius 1 is 0.320 bits per heavy atom. The van der Waals surface area contributed by atoms with E-state index in [0.717, 1.165) is 45.4 Å². The van der Waals surface area contributed by atoms with E-state index in [1.807, 2.05) is 175 Å². The monoisotopic (exact) mass is 1870 g/mol. The first-order valence-corrected chi connectivity index (χ1v) is 59.2. The number of hydrogen-bond acceptors (Lipinski definition) is 19. The number of quaternary nitrogens is 2. The van der Waals surface area contributed by atoms with Crippen LogP contribution in [0.15, 0.2) is 121 Å². The van der Waals surface area contributed by atoms with Crippen molar-refractivity contribution in [3.8, 4) is 0 Å². The van der Waals surface area contributed by atoms with Gasteiger partial charge in [-0.15, -0.1) is 0 Å². The highest BCUT2D eigenvalue weighted by Gasteiger charge is 2.49. The van der Waals surface area contributed by atoms with Crippen LogP contribution in [-0.4, -0.2) is 337 Å². The topological polar surface area (TPSA) is 291 Å². The molecule has 2 fully saturated rings. The van der Waals surface area contributed by atoms with Gasteiger partial charge in [0.2, 0.25) is 53.2 Å². The van der Waals surface area contributed by atoms with Crippen LogP contribution in [0.2, 0.25) is 45.8 Å². The van der Waals surface area contributed by atoms with Gasteiger partial charge in [0.05, 0.1) is 54.1 Å². The van der Waals surface area contributed by atoms with E-state index in [2.05, 4.69) is 17.5 Å². The second kappa shape index (κ2) is 63.5. The van der Waals surface area contributed by atoms with Crippen LogP contribution in [0.1, 0.15) is 194 Å². The maximum atomic E-state index is 12.9. The van der Waals surface area contributed by atoms with Crippen LogP contribution in [0.25, 0.3) is 0 Å². The van der Waals surface area contributed by atoms with Crippen molar-refractivity contribution in [1.29, 1.82) is 0 Å². The van der Waals surface area contributed by atoms with Crippen molar-refractivity contribution < 1.29 is 97.1 Å². The van der Waals surface area contributed by atoms with Crippen molar-refractivity contribution in [3.63, 3.8) is 0 Å². The summed E-state index contributed by atoms with van der Waals surface area (Å²) in [5, 5.41) is 0. The molecule has 0 N–H and O–H groups in total. The molecule has 37 heteroatoms. The molecule has 0 atom stereocenters. The second-order valence-corrected chi connectivity index (χ2v) is 50.2. The summed E-state index contributed by atoms with van der Waals surface area (Å²) in [5.41, 5.74) is 2.28. The normalized spacial score (nSPS) is 13.5. The molecule has 30 nitrogen and oxygen atoms in total. The minimum absolute atomic E-state index is 0.00312. The Bertz CT molecular complexity index is 3580. The molecule has 4 aromatic rings. The van der Waals surface area contributed by atoms with E-state index in [1.165, 1.54) is 32.8 Å². The van der Waals surface area contributed by atoms with Crippen LogP contribution < -0.4 is 0 Å². The van der Waals surface area contributed by atoms with Gasteiger partial charge in [-0.25, -0.2) is 9.59 Å². The van der Waals surface area contributed by atoms with Crippen molar-refractivity contribution in [2.24, 2.45) is 0 Å². The first-order valence-electron chi connectivity index (χ1n) is 43.7. The quantitative estimate of drug-likeness (QED) is 0.0334. The first kappa shape index (κ1) is 122. The molecule has 2 heterocycles. The fraction of sp³-hybridized carbons (Fsp3) is 0.602. The van der Waals surface area contributed by atoms with Crippen molar-refractivity contribution in [1.82, 2.24) is 41.1 Å². The summed E-state index contributed by atoms with van der Waals surface area (Å²) in [6.45, 7) is 37.2. The summed E-state index contributed by atoms with van der Waals surface area (Å²) in [5.74, 6) is 0.215. The summed E-state index contributed by atoms with van der Waals surface area (Å²) in [7, 11) is 14.4. The third-order valence-electron chi connectivity index (χ3n) is 22.0. The van der Waals surface area contributed by atoms with E-state index in [4.69, 9.17) is 31.0 Å². The molecule has 0 unspecified atom stereocenters. The van der Waals surface area contributed by atoms with Crippen molar-refractivity contribution in [2.75, 3.05) is 159 Å². The third kappa shape index (κ3) is 40.0.